The summed E-state index contributed by atoms with van der Waals surface area (Å²) in [5, 5.41) is 2.16. The van der Waals surface area contributed by atoms with E-state index in [0.29, 0.717) is 12.0 Å². The Hall–Kier alpha value is -0.380. The van der Waals surface area contributed by atoms with Crippen LogP contribution in [0.15, 0.2) is 11.4 Å². The van der Waals surface area contributed by atoms with Crippen LogP contribution in [0.1, 0.15) is 23.4 Å². The van der Waals surface area contributed by atoms with Gasteiger partial charge in [-0.2, -0.15) is 0 Å². The minimum absolute atomic E-state index is 0.458. The van der Waals surface area contributed by atoms with E-state index in [9.17, 15) is 0 Å². The number of rotatable bonds is 4. The molecule has 0 fully saturated rings. The Morgan fingerprint density at radius 1 is 1.50 bits per heavy atom. The van der Waals surface area contributed by atoms with Gasteiger partial charge in [-0.1, -0.05) is 6.92 Å². The summed E-state index contributed by atoms with van der Waals surface area (Å²) >= 11 is 1.83. The predicted octanol–water partition coefficient (Wildman–Crippen LogP) is 2.25. The third kappa shape index (κ3) is 2.35. The first kappa shape index (κ1) is 11.7. The van der Waals surface area contributed by atoms with Gasteiger partial charge in [-0.25, -0.2) is 0 Å². The van der Waals surface area contributed by atoms with E-state index < -0.39 is 0 Å². The molecule has 80 valence electrons. The quantitative estimate of drug-likeness (QED) is 0.829. The van der Waals surface area contributed by atoms with Crippen molar-refractivity contribution in [3.63, 3.8) is 0 Å². The molecular formula is C11H20N2S. The summed E-state index contributed by atoms with van der Waals surface area (Å²) in [7, 11) is 4.24. The largest absolute Gasteiger partial charge is 0.330 e. The average molecular weight is 212 g/mol. The molecule has 1 rings (SSSR count). The van der Waals surface area contributed by atoms with Gasteiger partial charge in [0.15, 0.2) is 0 Å². The van der Waals surface area contributed by atoms with Crippen LogP contribution in [0.3, 0.4) is 0 Å². The lowest BCUT2D eigenvalue weighted by Crippen LogP contribution is -2.30. The van der Waals surface area contributed by atoms with E-state index in [1.165, 1.54) is 10.4 Å². The number of nitrogens with zero attached hydrogens (tertiary/aromatic N) is 1. The second-order valence-electron chi connectivity index (χ2n) is 4.09. The molecule has 3 heteroatoms. The highest BCUT2D eigenvalue weighted by atomic mass is 32.1. The zero-order valence-corrected chi connectivity index (χ0v) is 10.3. The van der Waals surface area contributed by atoms with Crippen LogP contribution in [0.4, 0.5) is 0 Å². The van der Waals surface area contributed by atoms with E-state index in [1.807, 2.05) is 11.3 Å². The number of hydrogen-bond donors (Lipinski definition) is 1. The second-order valence-corrected chi connectivity index (χ2v) is 5.04. The van der Waals surface area contributed by atoms with Gasteiger partial charge >= 0.3 is 0 Å². The number of nitrogens with two attached hydrogens (primary N) is 1. The molecular weight excluding hydrogens is 192 g/mol. The first-order valence-corrected chi connectivity index (χ1v) is 5.86. The van der Waals surface area contributed by atoms with Gasteiger partial charge < -0.3 is 10.6 Å². The molecule has 2 atom stereocenters. The Balaban J connectivity index is 2.94. The fraction of sp³-hybridized carbons (Fsp3) is 0.636. The van der Waals surface area contributed by atoms with E-state index >= 15 is 0 Å². The van der Waals surface area contributed by atoms with Crippen molar-refractivity contribution in [1.29, 1.82) is 0 Å². The number of thiophene rings is 1. The third-order valence-electron chi connectivity index (χ3n) is 2.64. The number of hydrogen-bond acceptors (Lipinski definition) is 3. The molecule has 0 aliphatic rings. The molecule has 0 spiro atoms. The molecule has 0 saturated carbocycles. The van der Waals surface area contributed by atoms with Crippen molar-refractivity contribution >= 4 is 11.3 Å². The topological polar surface area (TPSA) is 29.3 Å². The molecule has 0 aliphatic heterocycles. The highest BCUT2D eigenvalue weighted by molar-refractivity contribution is 7.10. The molecule has 0 aliphatic carbocycles. The van der Waals surface area contributed by atoms with Gasteiger partial charge in [-0.15, -0.1) is 11.3 Å². The molecule has 0 aromatic carbocycles. The molecule has 0 bridgehead atoms. The van der Waals surface area contributed by atoms with Gasteiger partial charge in [-0.3, -0.25) is 0 Å². The van der Waals surface area contributed by atoms with E-state index in [4.69, 9.17) is 5.73 Å². The van der Waals surface area contributed by atoms with Crippen molar-refractivity contribution in [3.05, 3.63) is 21.9 Å². The van der Waals surface area contributed by atoms with Crippen molar-refractivity contribution in [1.82, 2.24) is 4.90 Å². The number of aryl methyl sites for hydroxylation is 1. The van der Waals surface area contributed by atoms with Crippen LogP contribution in [-0.2, 0) is 0 Å². The highest BCUT2D eigenvalue weighted by Crippen LogP contribution is 2.32. The molecule has 2 nitrogen and oxygen atoms in total. The standard InChI is InChI=1S/C11H20N2S/c1-8-5-6-14-11(8)10(13(3)4)9(2)7-12/h5-6,9-10H,7,12H2,1-4H3. The summed E-state index contributed by atoms with van der Waals surface area (Å²) in [4.78, 5) is 3.71. The van der Waals surface area contributed by atoms with Crippen LogP contribution in [0.5, 0.6) is 0 Å². The zero-order valence-electron chi connectivity index (χ0n) is 9.45. The summed E-state index contributed by atoms with van der Waals surface area (Å²) in [6, 6.07) is 2.64. The lowest BCUT2D eigenvalue weighted by Gasteiger charge is -2.29. The Morgan fingerprint density at radius 2 is 2.14 bits per heavy atom. The maximum absolute atomic E-state index is 5.74. The smallest absolute Gasteiger partial charge is 0.0475 e. The lowest BCUT2D eigenvalue weighted by molar-refractivity contribution is 0.231. The highest BCUT2D eigenvalue weighted by Gasteiger charge is 2.22. The summed E-state index contributed by atoms with van der Waals surface area (Å²) in [6.07, 6.45) is 0. The molecule has 2 unspecified atom stereocenters. The van der Waals surface area contributed by atoms with Crippen LogP contribution in [-0.4, -0.2) is 25.5 Å². The molecule has 0 radical (unpaired) electrons. The van der Waals surface area contributed by atoms with E-state index in [-0.39, 0.29) is 0 Å². The van der Waals surface area contributed by atoms with Gasteiger partial charge in [-0.05, 0) is 50.5 Å². The van der Waals surface area contributed by atoms with Crippen molar-refractivity contribution in [2.24, 2.45) is 11.7 Å². The predicted molar refractivity (Wildman–Crippen MR) is 63.7 cm³/mol. The Kier molecular flexibility index (Phi) is 4.11. The first-order valence-electron chi connectivity index (χ1n) is 4.98. The van der Waals surface area contributed by atoms with Crippen molar-refractivity contribution in [2.75, 3.05) is 20.6 Å². The lowest BCUT2D eigenvalue weighted by atomic mass is 9.98. The maximum Gasteiger partial charge on any atom is 0.0475 e. The maximum atomic E-state index is 5.74. The zero-order chi connectivity index (χ0) is 10.7. The minimum atomic E-state index is 0.458. The minimum Gasteiger partial charge on any atom is -0.330 e. The fourth-order valence-corrected chi connectivity index (χ4v) is 3.07. The molecule has 2 N–H and O–H groups in total. The van der Waals surface area contributed by atoms with Crippen molar-refractivity contribution in [3.8, 4) is 0 Å². The monoisotopic (exact) mass is 212 g/mol. The molecule has 1 aromatic heterocycles. The van der Waals surface area contributed by atoms with Crippen LogP contribution < -0.4 is 5.73 Å². The third-order valence-corrected chi connectivity index (χ3v) is 3.73. The average Bonchev–Trinajstić information content (AvgIpc) is 2.52. The van der Waals surface area contributed by atoms with Gasteiger partial charge in [0, 0.05) is 10.9 Å². The van der Waals surface area contributed by atoms with Gasteiger partial charge in [0.05, 0.1) is 0 Å². The van der Waals surface area contributed by atoms with Crippen molar-refractivity contribution < 1.29 is 0 Å². The summed E-state index contributed by atoms with van der Waals surface area (Å²) < 4.78 is 0. The Labute approximate surface area is 90.7 Å². The van der Waals surface area contributed by atoms with Gasteiger partial charge in [0.1, 0.15) is 0 Å². The van der Waals surface area contributed by atoms with Gasteiger partial charge in [0.2, 0.25) is 0 Å². The van der Waals surface area contributed by atoms with Crippen LogP contribution >= 0.6 is 11.3 Å². The molecule has 0 amide bonds. The Bertz CT molecular complexity index is 281. The van der Waals surface area contributed by atoms with E-state index in [2.05, 4.69) is 44.3 Å². The molecule has 1 aromatic rings. The summed E-state index contributed by atoms with van der Waals surface area (Å²) in [5.41, 5.74) is 7.13. The summed E-state index contributed by atoms with van der Waals surface area (Å²) in [6.45, 7) is 5.12. The Morgan fingerprint density at radius 3 is 2.50 bits per heavy atom. The SMILES string of the molecule is Cc1ccsc1C(C(C)CN)N(C)C. The fourth-order valence-electron chi connectivity index (χ4n) is 1.82. The molecule has 0 saturated heterocycles. The normalized spacial score (nSPS) is 15.9. The van der Waals surface area contributed by atoms with Crippen LogP contribution in [0, 0.1) is 12.8 Å². The van der Waals surface area contributed by atoms with Crippen LogP contribution in [0.2, 0.25) is 0 Å². The second kappa shape index (κ2) is 4.91. The van der Waals surface area contributed by atoms with Crippen molar-refractivity contribution in [2.45, 2.75) is 19.9 Å². The summed E-state index contributed by atoms with van der Waals surface area (Å²) in [5.74, 6) is 0.502. The molecule has 14 heavy (non-hydrogen) atoms. The van der Waals surface area contributed by atoms with Crippen LogP contribution in [0.25, 0.3) is 0 Å². The van der Waals surface area contributed by atoms with E-state index in [0.717, 1.165) is 6.54 Å². The van der Waals surface area contributed by atoms with Gasteiger partial charge in [0.25, 0.3) is 0 Å². The van der Waals surface area contributed by atoms with E-state index in [1.54, 1.807) is 0 Å². The first-order chi connectivity index (χ1) is 6.57. The molecule has 1 heterocycles.